The van der Waals surface area contributed by atoms with Crippen LogP contribution in [0.1, 0.15) is 16.7 Å². The van der Waals surface area contributed by atoms with Gasteiger partial charge in [-0.3, -0.25) is 0 Å². The first-order valence-corrected chi connectivity index (χ1v) is 18.1. The Labute approximate surface area is 342 Å². The SMILES string of the molecule is COc1cc(C=CC(=O)OC[C@H]2O[C@@](COC(=O)C=Cc3ccc(O)cc3)(O[C@H]3O[C@H](CO)[C@@H](O)[C@H](O)[C@H]3O)[C@@H](OC(=O)C=Cc3ccc(O)c(OC)c3)[C@@H]2O)ccc1O. The molecule has 0 radical (unpaired) electrons. The third kappa shape index (κ3) is 11.2. The van der Waals surface area contributed by atoms with Crippen molar-refractivity contribution in [1.29, 1.82) is 0 Å². The summed E-state index contributed by atoms with van der Waals surface area (Å²) in [6.45, 7) is -2.64. The van der Waals surface area contributed by atoms with E-state index in [9.17, 15) is 55.2 Å². The number of carbonyl (C=O) groups is 3. The topological polar surface area (TPSA) is 287 Å². The molecule has 8 N–H and O–H groups in total. The van der Waals surface area contributed by atoms with Crippen molar-refractivity contribution in [2.24, 2.45) is 0 Å². The predicted molar refractivity (Wildman–Crippen MR) is 205 cm³/mol. The minimum absolute atomic E-state index is 0.0218. The van der Waals surface area contributed by atoms with Gasteiger partial charge in [-0.1, -0.05) is 24.3 Å². The van der Waals surface area contributed by atoms with Gasteiger partial charge in [-0.2, -0.15) is 0 Å². The second kappa shape index (κ2) is 20.3. The highest BCUT2D eigenvalue weighted by atomic mass is 16.8. The monoisotopic (exact) mass is 840 g/mol. The van der Waals surface area contributed by atoms with Crippen LogP contribution < -0.4 is 9.47 Å². The van der Waals surface area contributed by atoms with Crippen molar-refractivity contribution in [2.45, 2.75) is 54.8 Å². The molecule has 19 nitrogen and oxygen atoms in total. The number of rotatable bonds is 16. The minimum Gasteiger partial charge on any atom is -0.508 e. The number of aliphatic hydroxyl groups excluding tert-OH is 5. The van der Waals surface area contributed by atoms with Crippen LogP contribution in [0.25, 0.3) is 18.2 Å². The van der Waals surface area contributed by atoms with Gasteiger partial charge in [-0.15, -0.1) is 0 Å². The highest BCUT2D eigenvalue weighted by Crippen LogP contribution is 2.39. The van der Waals surface area contributed by atoms with Gasteiger partial charge in [0.15, 0.2) is 35.4 Å². The first-order valence-electron chi connectivity index (χ1n) is 18.1. The van der Waals surface area contributed by atoms with Crippen molar-refractivity contribution >= 4 is 36.1 Å². The molecule has 9 atom stereocenters. The van der Waals surface area contributed by atoms with Crippen LogP contribution in [-0.4, -0.2) is 148 Å². The highest BCUT2D eigenvalue weighted by Gasteiger charge is 2.62. The highest BCUT2D eigenvalue weighted by molar-refractivity contribution is 5.88. The van der Waals surface area contributed by atoms with E-state index < -0.39 is 92.5 Å². The summed E-state index contributed by atoms with van der Waals surface area (Å²) < 4.78 is 44.1. The Morgan fingerprint density at radius 1 is 0.667 bits per heavy atom. The lowest BCUT2D eigenvalue weighted by atomic mass is 9.99. The first-order chi connectivity index (χ1) is 28.7. The second-order valence-electron chi connectivity index (χ2n) is 13.3. The maximum Gasteiger partial charge on any atom is 0.331 e. The molecule has 0 saturated carbocycles. The Hall–Kier alpha value is -6.03. The summed E-state index contributed by atoms with van der Waals surface area (Å²) in [5.74, 6) is -5.85. The molecular formula is C41H44O19. The van der Waals surface area contributed by atoms with E-state index in [1.807, 2.05) is 0 Å². The lowest BCUT2D eigenvalue weighted by Gasteiger charge is -2.43. The van der Waals surface area contributed by atoms with E-state index in [-0.39, 0.29) is 28.7 Å². The summed E-state index contributed by atoms with van der Waals surface area (Å²) in [5.41, 5.74) is 1.29. The number of esters is 3. The molecule has 3 aromatic rings. The molecule has 0 amide bonds. The van der Waals surface area contributed by atoms with Crippen molar-refractivity contribution < 1.29 is 93.1 Å². The fraction of sp³-hybridized carbons (Fsp3) is 0.341. The minimum atomic E-state index is -2.63. The molecule has 0 bridgehead atoms. The van der Waals surface area contributed by atoms with Gasteiger partial charge in [-0.05, 0) is 71.3 Å². The molecule has 5 rings (SSSR count). The Morgan fingerprint density at radius 2 is 1.20 bits per heavy atom. The molecule has 19 heteroatoms. The molecule has 322 valence electrons. The summed E-state index contributed by atoms with van der Waals surface area (Å²) in [4.78, 5) is 39.3. The average molecular weight is 841 g/mol. The van der Waals surface area contributed by atoms with E-state index in [1.165, 1.54) is 93.1 Å². The number of carbonyl (C=O) groups excluding carboxylic acids is 3. The molecule has 0 aromatic heterocycles. The van der Waals surface area contributed by atoms with Crippen LogP contribution in [0, 0.1) is 0 Å². The van der Waals surface area contributed by atoms with Crippen molar-refractivity contribution in [3.8, 4) is 28.7 Å². The lowest BCUT2D eigenvalue weighted by molar-refractivity contribution is -0.383. The number of aliphatic hydroxyl groups is 5. The molecular weight excluding hydrogens is 796 g/mol. The van der Waals surface area contributed by atoms with Gasteiger partial charge in [0.1, 0.15) is 55.6 Å². The number of aromatic hydroxyl groups is 3. The molecule has 60 heavy (non-hydrogen) atoms. The maximum atomic E-state index is 13.4. The van der Waals surface area contributed by atoms with Crippen LogP contribution >= 0.6 is 0 Å². The van der Waals surface area contributed by atoms with Crippen LogP contribution in [0.4, 0.5) is 0 Å². The quantitative estimate of drug-likeness (QED) is 0.0555. The van der Waals surface area contributed by atoms with Crippen LogP contribution in [0.5, 0.6) is 28.7 Å². The van der Waals surface area contributed by atoms with E-state index in [2.05, 4.69) is 0 Å². The Kier molecular flexibility index (Phi) is 15.2. The van der Waals surface area contributed by atoms with Crippen LogP contribution in [0.3, 0.4) is 0 Å². The van der Waals surface area contributed by atoms with E-state index in [4.69, 9.17) is 37.9 Å². The number of phenols is 3. The van der Waals surface area contributed by atoms with Gasteiger partial charge < -0.3 is 78.7 Å². The number of ether oxygens (including phenoxy) is 8. The third-order valence-corrected chi connectivity index (χ3v) is 9.22. The van der Waals surface area contributed by atoms with E-state index in [1.54, 1.807) is 0 Å². The first kappa shape index (κ1) is 45.1. The molecule has 3 aromatic carbocycles. The summed E-state index contributed by atoms with van der Waals surface area (Å²) in [5, 5.41) is 82.7. The standard InChI is InChI=1S/C41H44O19/c1-53-28-17-23(5-12-26(28)44)8-15-32(46)55-20-31-36(50)39(58-34(48)16-9-24-6-13-27(45)29(18-24)54-2)41(59-31,60-40-38(52)37(51)35(49)30(19-42)57-40)21-56-33(47)14-7-22-3-10-25(43)11-4-22/h3-18,30-31,35-40,42-45,49-52H,19-21H2,1-2H3/t30-,31-,35-,36-,37+,38-,39+,40-,41+/m1/s1. The summed E-state index contributed by atoms with van der Waals surface area (Å²) in [6, 6.07) is 14.2. The Bertz CT molecular complexity index is 2050. The number of hydrogen-bond acceptors (Lipinski definition) is 19. The van der Waals surface area contributed by atoms with Gasteiger partial charge in [0, 0.05) is 18.2 Å². The van der Waals surface area contributed by atoms with E-state index in [0.29, 0.717) is 16.7 Å². The number of phenolic OH excluding ortho intramolecular Hbond substituents is 3. The van der Waals surface area contributed by atoms with Crippen LogP contribution in [0.2, 0.25) is 0 Å². The normalized spacial score (nSPS) is 26.6. The molecule has 0 spiro atoms. The molecule has 2 heterocycles. The number of methoxy groups -OCH3 is 2. The summed E-state index contributed by atoms with van der Waals surface area (Å²) >= 11 is 0. The zero-order valence-corrected chi connectivity index (χ0v) is 32.0. The Morgan fingerprint density at radius 3 is 1.77 bits per heavy atom. The fourth-order valence-corrected chi connectivity index (χ4v) is 6.02. The predicted octanol–water partition coefficient (Wildman–Crippen LogP) is 0.531. The molecule has 2 aliphatic rings. The van der Waals surface area contributed by atoms with Crippen LogP contribution in [0.15, 0.2) is 78.9 Å². The van der Waals surface area contributed by atoms with Gasteiger partial charge in [-0.25, -0.2) is 14.4 Å². The largest absolute Gasteiger partial charge is 0.508 e. The summed E-state index contributed by atoms with van der Waals surface area (Å²) in [6.07, 6.45) is -8.02. The maximum absolute atomic E-state index is 13.4. The lowest BCUT2D eigenvalue weighted by Crippen LogP contribution is -2.63. The van der Waals surface area contributed by atoms with Gasteiger partial charge in [0.2, 0.25) is 5.79 Å². The van der Waals surface area contributed by atoms with Gasteiger partial charge >= 0.3 is 17.9 Å². The van der Waals surface area contributed by atoms with Gasteiger partial charge in [0.25, 0.3) is 0 Å². The van der Waals surface area contributed by atoms with Crippen molar-refractivity contribution in [3.05, 3.63) is 95.6 Å². The van der Waals surface area contributed by atoms with E-state index >= 15 is 0 Å². The molecule has 2 fully saturated rings. The number of benzene rings is 3. The third-order valence-electron chi connectivity index (χ3n) is 9.22. The average Bonchev–Trinajstić information content (AvgIpc) is 3.50. The molecule has 0 unspecified atom stereocenters. The Balaban J connectivity index is 1.45. The van der Waals surface area contributed by atoms with E-state index in [0.717, 1.165) is 18.2 Å². The number of hydrogen-bond donors (Lipinski definition) is 8. The van der Waals surface area contributed by atoms with Gasteiger partial charge in [0.05, 0.1) is 20.8 Å². The van der Waals surface area contributed by atoms with Crippen molar-refractivity contribution in [2.75, 3.05) is 34.0 Å². The molecule has 2 aliphatic heterocycles. The second-order valence-corrected chi connectivity index (χ2v) is 13.3. The molecule has 2 saturated heterocycles. The zero-order chi connectivity index (χ0) is 43.6. The zero-order valence-electron chi connectivity index (χ0n) is 32.0. The summed E-state index contributed by atoms with van der Waals surface area (Å²) in [7, 11) is 2.66. The van der Waals surface area contributed by atoms with Crippen molar-refractivity contribution in [1.82, 2.24) is 0 Å². The molecule has 0 aliphatic carbocycles. The van der Waals surface area contributed by atoms with Crippen LogP contribution in [-0.2, 0) is 42.8 Å². The van der Waals surface area contributed by atoms with Crippen molar-refractivity contribution in [3.63, 3.8) is 0 Å². The fourth-order valence-electron chi connectivity index (χ4n) is 6.02. The smallest absolute Gasteiger partial charge is 0.331 e.